The summed E-state index contributed by atoms with van der Waals surface area (Å²) >= 11 is 0. The van der Waals surface area contributed by atoms with Crippen molar-refractivity contribution in [2.75, 3.05) is 12.0 Å². The van der Waals surface area contributed by atoms with E-state index in [-0.39, 0.29) is 0 Å². The summed E-state index contributed by atoms with van der Waals surface area (Å²) in [5.74, 6) is 0.969. The van der Waals surface area contributed by atoms with E-state index in [0.29, 0.717) is 35.3 Å². The van der Waals surface area contributed by atoms with Crippen LogP contribution in [0.3, 0.4) is 0 Å². The topological polar surface area (TPSA) is 77.2 Å². The van der Waals surface area contributed by atoms with Crippen molar-refractivity contribution in [3.63, 3.8) is 0 Å². The third kappa shape index (κ3) is 4.11. The maximum atomic E-state index is 11.9. The fraction of sp³-hybridized carbons (Fsp3) is 0.238. The Labute approximate surface area is 158 Å². The largest absolute Gasteiger partial charge is 0.497 e. The van der Waals surface area contributed by atoms with Crippen LogP contribution >= 0.6 is 0 Å². The van der Waals surface area contributed by atoms with Crippen LogP contribution in [0.2, 0.25) is 0 Å². The smallest absolute Gasteiger partial charge is 0.214 e. The van der Waals surface area contributed by atoms with Gasteiger partial charge in [-0.1, -0.05) is 30.3 Å². The molecule has 2 aromatic carbocycles. The van der Waals surface area contributed by atoms with Gasteiger partial charge in [-0.15, -0.1) is 0 Å². The van der Waals surface area contributed by atoms with Gasteiger partial charge in [0.1, 0.15) is 11.4 Å². The third-order valence-electron chi connectivity index (χ3n) is 4.32. The number of benzene rings is 2. The molecule has 0 radical (unpaired) electrons. The Balaban J connectivity index is 2.04. The van der Waals surface area contributed by atoms with Gasteiger partial charge in [-0.05, 0) is 31.5 Å². The Kier molecular flexibility index (Phi) is 5.16. The van der Waals surface area contributed by atoms with Crippen LogP contribution in [-0.2, 0) is 16.1 Å². The molecule has 6 heteroatoms. The van der Waals surface area contributed by atoms with E-state index in [2.05, 4.69) is 0 Å². The molecule has 2 aromatic rings. The summed E-state index contributed by atoms with van der Waals surface area (Å²) in [6.45, 7) is 4.22. The number of nitrogens with two attached hydrogens (primary N) is 1. The Morgan fingerprint density at radius 1 is 1.22 bits per heavy atom. The van der Waals surface area contributed by atoms with Gasteiger partial charge in [0.15, 0.2) is 5.88 Å². The van der Waals surface area contributed by atoms with E-state index in [1.807, 2.05) is 56.3 Å². The summed E-state index contributed by atoms with van der Waals surface area (Å²) in [6.07, 6.45) is 2.50. The summed E-state index contributed by atoms with van der Waals surface area (Å²) in [5.41, 5.74) is 8.15. The lowest BCUT2D eigenvalue weighted by atomic mass is 10.0. The molecule has 0 atom stereocenters. The highest BCUT2D eigenvalue weighted by molar-refractivity contribution is 6.05. The second-order valence-corrected chi connectivity index (χ2v) is 6.73. The molecule has 0 bridgehead atoms. The molecule has 1 aliphatic rings. The van der Waals surface area contributed by atoms with Crippen LogP contribution in [0.5, 0.6) is 5.75 Å². The van der Waals surface area contributed by atoms with Crippen molar-refractivity contribution in [3.8, 4) is 5.75 Å². The minimum absolute atomic E-state index is 0.324. The van der Waals surface area contributed by atoms with E-state index in [9.17, 15) is 4.79 Å². The molecule has 1 amide bonds. The number of hydrogen-bond donors (Lipinski definition) is 1. The lowest BCUT2D eigenvalue weighted by Gasteiger charge is -2.22. The zero-order valence-electron chi connectivity index (χ0n) is 15.7. The highest BCUT2D eigenvalue weighted by atomic mass is 16.5. The lowest BCUT2D eigenvalue weighted by Crippen LogP contribution is -2.29. The molecule has 1 aliphatic heterocycles. The monoisotopic (exact) mass is 365 g/mol. The van der Waals surface area contributed by atoms with E-state index in [4.69, 9.17) is 20.2 Å². The maximum absolute atomic E-state index is 11.9. The summed E-state index contributed by atoms with van der Waals surface area (Å²) < 4.78 is 10.9. The number of ether oxygens (including phenoxy) is 2. The van der Waals surface area contributed by atoms with E-state index < -0.39 is 5.60 Å². The van der Waals surface area contributed by atoms with Crippen LogP contribution < -0.4 is 15.4 Å². The number of aliphatic imine (C=N–C) groups is 1. The van der Waals surface area contributed by atoms with Crippen LogP contribution in [0, 0.1) is 0 Å². The van der Waals surface area contributed by atoms with Crippen molar-refractivity contribution in [1.29, 1.82) is 0 Å². The minimum atomic E-state index is -0.632. The second kappa shape index (κ2) is 7.53. The molecule has 6 nitrogen and oxygen atoms in total. The van der Waals surface area contributed by atoms with Crippen LogP contribution in [0.1, 0.15) is 19.4 Å². The molecular formula is C21H23N3O3. The molecule has 2 N–H and O–H groups in total. The SMILES string of the molecule is COc1ccc(N=C2C=C(N)OC2(C)C)c(N(C=O)Cc2ccccc2)c1. The van der Waals surface area contributed by atoms with Crippen molar-refractivity contribution in [1.82, 2.24) is 0 Å². The molecule has 0 aromatic heterocycles. The van der Waals surface area contributed by atoms with Crippen LogP contribution in [0.4, 0.5) is 11.4 Å². The fourth-order valence-corrected chi connectivity index (χ4v) is 2.90. The Morgan fingerprint density at radius 3 is 2.56 bits per heavy atom. The molecule has 0 fully saturated rings. The van der Waals surface area contributed by atoms with Crippen LogP contribution in [0.15, 0.2) is 65.5 Å². The number of carbonyl (C=O) groups excluding carboxylic acids is 1. The number of methoxy groups -OCH3 is 1. The Hall–Kier alpha value is -3.28. The molecular weight excluding hydrogens is 342 g/mol. The minimum Gasteiger partial charge on any atom is -0.497 e. The molecule has 0 aliphatic carbocycles. The first-order valence-electron chi connectivity index (χ1n) is 8.62. The quantitative estimate of drug-likeness (QED) is 0.795. The van der Waals surface area contributed by atoms with Crippen molar-refractivity contribution in [3.05, 3.63) is 66.1 Å². The van der Waals surface area contributed by atoms with Crippen molar-refractivity contribution in [2.45, 2.75) is 26.0 Å². The molecule has 140 valence electrons. The molecule has 27 heavy (non-hydrogen) atoms. The van der Waals surface area contributed by atoms with E-state index in [0.717, 1.165) is 12.0 Å². The molecule has 0 saturated heterocycles. The van der Waals surface area contributed by atoms with Gasteiger partial charge in [-0.25, -0.2) is 4.99 Å². The van der Waals surface area contributed by atoms with Gasteiger partial charge in [0.2, 0.25) is 6.41 Å². The Bertz CT molecular complexity index is 889. The van der Waals surface area contributed by atoms with Crippen molar-refractivity contribution >= 4 is 23.5 Å². The normalized spacial score (nSPS) is 16.6. The first-order valence-corrected chi connectivity index (χ1v) is 8.62. The molecule has 0 spiro atoms. The number of rotatable bonds is 6. The standard InChI is InChI=1S/C21H23N3O3/c1-21(2)19(12-20(22)27-21)23-17-10-9-16(26-3)11-18(17)24(14-25)13-15-7-5-4-6-8-15/h4-12,14H,13,22H2,1-3H3. The van der Waals surface area contributed by atoms with Gasteiger partial charge in [0.25, 0.3) is 0 Å². The number of carbonyl (C=O) groups is 1. The first kappa shape index (κ1) is 18.5. The molecule has 1 heterocycles. The highest BCUT2D eigenvalue weighted by Gasteiger charge is 2.32. The van der Waals surface area contributed by atoms with E-state index in [1.165, 1.54) is 0 Å². The first-order chi connectivity index (χ1) is 12.9. The number of nitrogens with zero attached hydrogens (tertiary/aromatic N) is 2. The number of hydrogen-bond acceptors (Lipinski definition) is 5. The number of amides is 1. The summed E-state index contributed by atoms with van der Waals surface area (Å²) in [7, 11) is 1.59. The highest BCUT2D eigenvalue weighted by Crippen LogP contribution is 2.35. The summed E-state index contributed by atoms with van der Waals surface area (Å²) in [4.78, 5) is 18.2. The number of anilines is 1. The van der Waals surface area contributed by atoms with Gasteiger partial charge in [0.05, 0.1) is 30.7 Å². The molecule has 3 rings (SSSR count). The third-order valence-corrected chi connectivity index (χ3v) is 4.32. The zero-order chi connectivity index (χ0) is 19.4. The Morgan fingerprint density at radius 2 is 1.96 bits per heavy atom. The summed E-state index contributed by atoms with van der Waals surface area (Å²) in [6, 6.07) is 15.2. The van der Waals surface area contributed by atoms with Crippen molar-refractivity contribution < 1.29 is 14.3 Å². The average molecular weight is 365 g/mol. The van der Waals surface area contributed by atoms with E-state index >= 15 is 0 Å². The van der Waals surface area contributed by atoms with Gasteiger partial charge in [-0.2, -0.15) is 0 Å². The second-order valence-electron chi connectivity index (χ2n) is 6.73. The summed E-state index contributed by atoms with van der Waals surface area (Å²) in [5, 5.41) is 0. The average Bonchev–Trinajstić information content (AvgIpc) is 2.92. The maximum Gasteiger partial charge on any atom is 0.214 e. The molecule has 0 saturated carbocycles. The van der Waals surface area contributed by atoms with Gasteiger partial charge >= 0.3 is 0 Å². The predicted octanol–water partition coefficient (Wildman–Crippen LogP) is 3.54. The van der Waals surface area contributed by atoms with Gasteiger partial charge in [-0.3, -0.25) is 4.79 Å². The van der Waals surface area contributed by atoms with E-state index in [1.54, 1.807) is 24.2 Å². The lowest BCUT2D eigenvalue weighted by molar-refractivity contribution is -0.107. The zero-order valence-corrected chi connectivity index (χ0v) is 15.7. The van der Waals surface area contributed by atoms with Crippen LogP contribution in [0.25, 0.3) is 0 Å². The van der Waals surface area contributed by atoms with Crippen molar-refractivity contribution in [2.24, 2.45) is 10.7 Å². The predicted molar refractivity (Wildman–Crippen MR) is 106 cm³/mol. The van der Waals surface area contributed by atoms with Crippen LogP contribution in [-0.4, -0.2) is 24.8 Å². The van der Waals surface area contributed by atoms with Gasteiger partial charge < -0.3 is 20.1 Å². The fourth-order valence-electron chi connectivity index (χ4n) is 2.90. The molecule has 0 unspecified atom stereocenters. The van der Waals surface area contributed by atoms with Gasteiger partial charge in [0, 0.05) is 12.1 Å².